The quantitative estimate of drug-likeness (QED) is 0.0162. The van der Waals surface area contributed by atoms with Crippen molar-refractivity contribution in [3.8, 4) is 23.0 Å². The van der Waals surface area contributed by atoms with Crippen LogP contribution < -0.4 is 48.9 Å². The van der Waals surface area contributed by atoms with Crippen molar-refractivity contribution in [2.75, 3.05) is 0 Å². The molecule has 0 aromatic heterocycles. The van der Waals surface area contributed by atoms with Gasteiger partial charge in [0.1, 0.15) is 5.28 Å². The van der Waals surface area contributed by atoms with Gasteiger partial charge in [-0.3, -0.25) is 19.2 Å². The van der Waals surface area contributed by atoms with Gasteiger partial charge in [-0.25, -0.2) is 0 Å². The molecule has 0 radical (unpaired) electrons. The first-order valence-electron chi connectivity index (χ1n) is 8.57. The Morgan fingerprint density at radius 1 is 0.595 bits per heavy atom. The van der Waals surface area contributed by atoms with Crippen LogP contribution in [0.25, 0.3) is 10.8 Å². The smallest absolute Gasteiger partial charge is 0.504 e. The van der Waals surface area contributed by atoms with Crippen LogP contribution >= 0.6 is 0 Å². The van der Waals surface area contributed by atoms with Crippen molar-refractivity contribution >= 4 is 17.8 Å². The standard InChI is InChI=1S/C11H10BN9O16/c1-12-13-30-31-16-17-34-35-20-21-37-36-19-18-33-32-15-14-29-11-7(25)3-2(6(24)10(11)28)4(22)8(26)9(27)5(3)23/h14-17,24-25,28H,1H3/b19-18+,21-20+. The predicted octanol–water partition coefficient (Wildman–Crippen LogP) is -3.29. The molecule has 2 aromatic carbocycles. The number of phenolic OH excluding ortho intramolecular Hbond substituents is 3. The number of rotatable bonds is 16. The van der Waals surface area contributed by atoms with Crippen LogP contribution in [0, 0.1) is 0 Å². The summed E-state index contributed by atoms with van der Waals surface area (Å²) < 4.78 is 0. The van der Waals surface area contributed by atoms with E-state index in [4.69, 9.17) is 0 Å². The fraction of sp³-hybridized carbons (Fsp3) is 0.0909. The molecule has 0 bridgehead atoms. The van der Waals surface area contributed by atoms with Gasteiger partial charge in [0.2, 0.25) is 22.4 Å². The summed E-state index contributed by atoms with van der Waals surface area (Å²) in [5.74, 6) is -4.96. The van der Waals surface area contributed by atoms with E-state index in [9.17, 15) is 34.5 Å². The minimum absolute atomic E-state index is 1.07. The van der Waals surface area contributed by atoms with Crippen LogP contribution in [0.15, 0.2) is 45.3 Å². The van der Waals surface area contributed by atoms with E-state index in [0.717, 1.165) is 0 Å². The van der Waals surface area contributed by atoms with Gasteiger partial charge in [-0.15, -0.1) is 0 Å². The first kappa shape index (κ1) is 28.1. The number of phenols is 3. The second-order valence-corrected chi connectivity index (χ2v) is 5.26. The number of hydrazine groups is 2. The summed E-state index contributed by atoms with van der Waals surface area (Å²) in [7, 11) is 1.28. The van der Waals surface area contributed by atoms with Crippen molar-refractivity contribution in [3.05, 3.63) is 40.9 Å². The minimum Gasteiger partial charge on any atom is -0.504 e. The van der Waals surface area contributed by atoms with Crippen molar-refractivity contribution < 1.29 is 60.1 Å². The first-order valence-corrected chi connectivity index (χ1v) is 8.57. The Morgan fingerprint density at radius 3 is 1.59 bits per heavy atom. The molecule has 25 nitrogen and oxygen atoms in total. The molecule has 0 unspecified atom stereocenters. The molecule has 0 fully saturated rings. The predicted molar refractivity (Wildman–Crippen MR) is 102 cm³/mol. The van der Waals surface area contributed by atoms with Crippen LogP contribution in [0.2, 0.25) is 6.82 Å². The number of nitrogens with one attached hydrogen (secondary N) is 4. The molecule has 26 heteroatoms. The number of fused-ring (bicyclic) bond motifs is 1. The minimum atomic E-state index is -1.77. The van der Waals surface area contributed by atoms with Crippen LogP contribution in [0.5, 0.6) is 23.0 Å². The normalized spacial score (nSPS) is 11.3. The molecule has 0 atom stereocenters. The molecule has 0 saturated carbocycles. The third kappa shape index (κ3) is 7.43. The summed E-state index contributed by atoms with van der Waals surface area (Å²) in [5.41, 5.74) is 0.111. The first-order chi connectivity index (χ1) is 17.8. The molecule has 0 aliphatic heterocycles. The molecule has 0 saturated heterocycles. The summed E-state index contributed by atoms with van der Waals surface area (Å²) >= 11 is 0. The van der Waals surface area contributed by atoms with E-state index in [2.05, 4.69) is 70.9 Å². The monoisotopic (exact) mass is 535 g/mol. The van der Waals surface area contributed by atoms with Gasteiger partial charge in [0.15, 0.2) is 11.5 Å². The van der Waals surface area contributed by atoms with E-state index in [0.29, 0.717) is 0 Å². The number of benzene rings is 2. The second kappa shape index (κ2) is 14.3. The van der Waals surface area contributed by atoms with Gasteiger partial charge in [-0.1, -0.05) is 11.2 Å². The van der Waals surface area contributed by atoms with Crippen molar-refractivity contribution in [3.63, 3.8) is 0 Å². The van der Waals surface area contributed by atoms with E-state index in [-0.39, 0.29) is 0 Å². The summed E-state index contributed by atoms with van der Waals surface area (Å²) in [6, 6.07) is 0. The Bertz CT molecular complexity index is 1360. The molecule has 198 valence electrons. The third-order valence-corrected chi connectivity index (χ3v) is 3.31. The van der Waals surface area contributed by atoms with Gasteiger partial charge >= 0.3 is 75.9 Å². The van der Waals surface area contributed by atoms with Crippen molar-refractivity contribution in [1.82, 2.24) is 22.4 Å². The molecular formula is C11H10BN9O16. The zero-order chi connectivity index (χ0) is 27.2. The van der Waals surface area contributed by atoms with Crippen LogP contribution in [-0.4, -0.2) is 22.4 Å². The van der Waals surface area contributed by atoms with E-state index < -0.39 is 55.5 Å². The fourth-order valence-electron chi connectivity index (χ4n) is 2.02. The number of hydrogen-bond donors (Lipinski definition) is 7. The summed E-state index contributed by atoms with van der Waals surface area (Å²) in [4.78, 5) is 83.4. The molecule has 2 rings (SSSR count). The van der Waals surface area contributed by atoms with E-state index in [1.54, 1.807) is 23.6 Å². The zero-order valence-electron chi connectivity index (χ0n) is 17.5. The Hall–Kier alpha value is -5.12. The molecule has 0 aliphatic rings. The second-order valence-electron chi connectivity index (χ2n) is 5.26. The average molecular weight is 535 g/mol. The van der Waals surface area contributed by atoms with E-state index in [1.807, 2.05) is 5.59 Å². The van der Waals surface area contributed by atoms with Gasteiger partial charge in [-0.05, 0) is 4.99 Å². The van der Waals surface area contributed by atoms with E-state index >= 15 is 0 Å². The molecule has 7 N–H and O–H groups in total. The van der Waals surface area contributed by atoms with Crippen LogP contribution in [0.3, 0.4) is 0 Å². The maximum absolute atomic E-state index is 12.0. The number of aromatic hydroxyl groups is 3. The summed E-state index contributed by atoms with van der Waals surface area (Å²) in [6.45, 7) is 1.56. The van der Waals surface area contributed by atoms with Crippen molar-refractivity contribution in [1.29, 1.82) is 0 Å². The molecule has 0 heterocycles. The van der Waals surface area contributed by atoms with Crippen LogP contribution in [0.4, 0.5) is 0 Å². The van der Waals surface area contributed by atoms with Gasteiger partial charge in [-0.2, -0.15) is 4.99 Å². The van der Waals surface area contributed by atoms with Gasteiger partial charge in [0.25, 0.3) is 10.9 Å². The van der Waals surface area contributed by atoms with Gasteiger partial charge in [0, 0.05) is 0 Å². The molecule has 0 spiro atoms. The van der Waals surface area contributed by atoms with Crippen LogP contribution in [-0.2, 0) is 39.9 Å². The number of nitrogens with zero attached hydrogens (tertiary/aromatic N) is 5. The average Bonchev–Trinajstić information content (AvgIpc) is 2.89. The van der Waals surface area contributed by atoms with Gasteiger partial charge in [0.05, 0.1) is 10.8 Å². The molecule has 37 heavy (non-hydrogen) atoms. The zero-order valence-corrected chi connectivity index (χ0v) is 17.5. The summed E-state index contributed by atoms with van der Waals surface area (Å²) in [6.07, 6.45) is 0. The van der Waals surface area contributed by atoms with Crippen molar-refractivity contribution in [2.24, 2.45) is 26.2 Å². The Kier molecular flexibility index (Phi) is 10.9. The fourth-order valence-corrected chi connectivity index (χ4v) is 2.02. The topological polar surface area (TPSA) is 322 Å². The van der Waals surface area contributed by atoms with Crippen LogP contribution in [0.1, 0.15) is 0 Å². The summed E-state index contributed by atoms with van der Waals surface area (Å²) in [5, 5.41) is 41.7. The maximum atomic E-state index is 12.0. The SMILES string of the molecule is CB=NOONNOO/N=N/OO/N=N/OONNOc1c(O)c(O)c2c(=O)c(=O)c(=O)c(=O)c2c1O. The Morgan fingerprint density at radius 2 is 1.05 bits per heavy atom. The van der Waals surface area contributed by atoms with Gasteiger partial charge < -0.3 is 20.2 Å². The third-order valence-electron chi connectivity index (χ3n) is 3.31. The molecule has 0 amide bonds. The Labute approximate surface area is 198 Å². The number of hydrogen-bond acceptors (Lipinski definition) is 25. The van der Waals surface area contributed by atoms with Crippen molar-refractivity contribution in [2.45, 2.75) is 6.82 Å². The molecular weight excluding hydrogens is 525 g/mol. The Balaban J connectivity index is 1.72. The molecule has 0 aliphatic carbocycles. The van der Waals surface area contributed by atoms with E-state index in [1.165, 1.54) is 7.07 Å². The molecule has 2 aromatic rings.